The molecule has 0 saturated heterocycles. The Morgan fingerprint density at radius 3 is 2.70 bits per heavy atom. The molecule has 4 aliphatic rings. The third-order valence-corrected chi connectivity index (χ3v) is 7.80. The summed E-state index contributed by atoms with van der Waals surface area (Å²) in [6.07, 6.45) is 8.99. The second kappa shape index (κ2) is 5.73. The van der Waals surface area contributed by atoms with Gasteiger partial charge >= 0.3 is 0 Å². The van der Waals surface area contributed by atoms with Crippen molar-refractivity contribution in [2.45, 2.75) is 49.4 Å². The fraction of sp³-hybridized carbons (Fsp3) is 0.632. The van der Waals surface area contributed by atoms with E-state index in [0.29, 0.717) is 12.5 Å². The Labute approximate surface area is 151 Å². The number of alkyl halides is 1. The summed E-state index contributed by atoms with van der Waals surface area (Å²) in [7, 11) is 0. The third-order valence-electron chi connectivity index (χ3n) is 6.01. The maximum absolute atomic E-state index is 13.5. The number of nitrogens with zero attached hydrogens (tertiary/aromatic N) is 1. The van der Waals surface area contributed by atoms with Crippen molar-refractivity contribution in [2.24, 2.45) is 17.3 Å². The van der Waals surface area contributed by atoms with Crippen LogP contribution in [0.5, 0.6) is 0 Å². The predicted octanol–water partition coefficient (Wildman–Crippen LogP) is 5.00. The Kier molecular flexibility index (Phi) is 3.96. The monoisotopic (exact) mass is 393 g/mol. The molecule has 5 rings (SSSR count). The minimum atomic E-state index is -0.117. The Balaban J connectivity index is 1.59. The quantitative estimate of drug-likeness (QED) is 0.509. The number of carbonyl (C=O) groups excluding carboxylic acids is 1. The van der Waals surface area contributed by atoms with E-state index in [9.17, 15) is 4.79 Å². The number of thiophene rings is 1. The summed E-state index contributed by atoms with van der Waals surface area (Å²) in [6, 6.07) is 4.19. The molecule has 1 aromatic rings. The molecule has 4 bridgehead atoms. The first-order valence-corrected chi connectivity index (χ1v) is 10.3. The Morgan fingerprint density at radius 1 is 1.39 bits per heavy atom. The molecule has 1 aromatic heterocycles. The molecule has 2 unspecified atom stereocenters. The van der Waals surface area contributed by atoms with E-state index in [1.165, 1.54) is 24.1 Å². The molecule has 23 heavy (non-hydrogen) atoms. The second-order valence-corrected chi connectivity index (χ2v) is 10.7. The molecule has 2 nitrogen and oxygen atoms in total. The van der Waals surface area contributed by atoms with E-state index in [1.54, 1.807) is 11.3 Å². The van der Waals surface area contributed by atoms with Crippen LogP contribution in [0.25, 0.3) is 0 Å². The summed E-state index contributed by atoms with van der Waals surface area (Å²) in [5.74, 6) is 1.86. The first kappa shape index (κ1) is 15.9. The third kappa shape index (κ3) is 2.82. The van der Waals surface area contributed by atoms with Gasteiger partial charge in [-0.1, -0.05) is 28.1 Å². The lowest BCUT2D eigenvalue weighted by Crippen LogP contribution is -2.58. The van der Waals surface area contributed by atoms with Crippen molar-refractivity contribution in [1.29, 1.82) is 0 Å². The highest BCUT2D eigenvalue weighted by Crippen LogP contribution is 2.64. The fourth-order valence-corrected chi connectivity index (χ4v) is 7.87. The van der Waals surface area contributed by atoms with Crippen LogP contribution in [-0.2, 0) is 11.3 Å². The zero-order chi connectivity index (χ0) is 16.1. The molecule has 1 heterocycles. The van der Waals surface area contributed by atoms with Crippen LogP contribution >= 0.6 is 27.3 Å². The van der Waals surface area contributed by atoms with Crippen LogP contribution in [0.15, 0.2) is 30.2 Å². The molecule has 0 N–H and O–H groups in total. The number of amides is 1. The van der Waals surface area contributed by atoms with Crippen molar-refractivity contribution >= 4 is 33.2 Å². The highest BCUT2D eigenvalue weighted by molar-refractivity contribution is 9.10. The zero-order valence-corrected chi connectivity index (χ0v) is 15.9. The lowest BCUT2D eigenvalue weighted by molar-refractivity contribution is -0.155. The van der Waals surface area contributed by atoms with Gasteiger partial charge in [0, 0.05) is 15.7 Å². The van der Waals surface area contributed by atoms with Gasteiger partial charge in [0.25, 0.3) is 0 Å². The highest BCUT2D eigenvalue weighted by Gasteiger charge is 2.60. The number of carbonyl (C=O) groups is 1. The molecule has 0 aliphatic heterocycles. The zero-order valence-electron chi connectivity index (χ0n) is 13.5. The maximum atomic E-state index is 13.5. The summed E-state index contributed by atoms with van der Waals surface area (Å²) in [5.41, 5.74) is -0.117. The lowest BCUT2D eigenvalue weighted by Gasteiger charge is -2.60. The van der Waals surface area contributed by atoms with E-state index >= 15 is 0 Å². The van der Waals surface area contributed by atoms with E-state index in [-0.39, 0.29) is 9.74 Å². The van der Waals surface area contributed by atoms with E-state index in [1.807, 2.05) is 11.0 Å². The average molecular weight is 394 g/mol. The molecular formula is C19H24BrNOS. The van der Waals surface area contributed by atoms with Crippen molar-refractivity contribution in [3.8, 4) is 0 Å². The number of hydrogen-bond donors (Lipinski definition) is 0. The van der Waals surface area contributed by atoms with E-state index in [4.69, 9.17) is 0 Å². The number of rotatable bonds is 5. The molecule has 4 saturated carbocycles. The van der Waals surface area contributed by atoms with E-state index in [2.05, 4.69) is 40.0 Å². The average Bonchev–Trinajstić information content (AvgIpc) is 2.96. The highest BCUT2D eigenvalue weighted by atomic mass is 79.9. The smallest absolute Gasteiger partial charge is 0.229 e. The van der Waals surface area contributed by atoms with Crippen LogP contribution in [0.4, 0.5) is 0 Å². The van der Waals surface area contributed by atoms with Crippen molar-refractivity contribution in [2.75, 3.05) is 6.54 Å². The van der Waals surface area contributed by atoms with Gasteiger partial charge in [0.1, 0.15) is 0 Å². The topological polar surface area (TPSA) is 20.3 Å². The van der Waals surface area contributed by atoms with Crippen molar-refractivity contribution in [3.05, 3.63) is 35.0 Å². The number of halogens is 1. The minimum Gasteiger partial charge on any atom is -0.333 e. The van der Waals surface area contributed by atoms with Crippen molar-refractivity contribution < 1.29 is 4.79 Å². The molecule has 4 heteroatoms. The summed E-state index contributed by atoms with van der Waals surface area (Å²) >= 11 is 5.75. The first-order valence-electron chi connectivity index (χ1n) is 8.64. The van der Waals surface area contributed by atoms with Crippen molar-refractivity contribution in [1.82, 2.24) is 4.90 Å². The van der Waals surface area contributed by atoms with Gasteiger partial charge in [-0.15, -0.1) is 17.9 Å². The first-order chi connectivity index (χ1) is 11.0. The summed E-state index contributed by atoms with van der Waals surface area (Å²) in [6.45, 7) is 5.26. The van der Waals surface area contributed by atoms with E-state index in [0.717, 1.165) is 37.6 Å². The lowest BCUT2D eigenvalue weighted by atomic mass is 9.49. The predicted molar refractivity (Wildman–Crippen MR) is 98.7 cm³/mol. The van der Waals surface area contributed by atoms with Gasteiger partial charge in [0.05, 0.1) is 12.0 Å². The molecule has 4 aliphatic carbocycles. The SMILES string of the molecule is C=CCN(Cc1cccs1)C(=O)C12CC3CC(CC(Br)(C3)C1)C2. The fourth-order valence-electron chi connectivity index (χ4n) is 5.70. The molecular weight excluding hydrogens is 370 g/mol. The Hall–Kier alpha value is -0.610. The van der Waals surface area contributed by atoms with Gasteiger partial charge in [-0.2, -0.15) is 0 Å². The van der Waals surface area contributed by atoms with Crippen LogP contribution in [0.3, 0.4) is 0 Å². The maximum Gasteiger partial charge on any atom is 0.229 e. The molecule has 1 amide bonds. The summed E-state index contributed by atoms with van der Waals surface area (Å²) in [5, 5.41) is 2.09. The standard InChI is InChI=1S/C19H24BrNOS/c1-2-5-21(12-16-4-3-6-23-16)17(22)18-8-14-7-15(9-18)11-19(20,10-14)13-18/h2-4,6,14-15H,1,5,7-13H2. The Bertz CT molecular complexity index is 597. The molecule has 124 valence electrons. The molecule has 0 spiro atoms. The molecule has 2 atom stereocenters. The molecule has 0 aromatic carbocycles. The van der Waals surface area contributed by atoms with Gasteiger partial charge in [-0.05, 0) is 61.8 Å². The molecule has 0 radical (unpaired) electrons. The van der Waals surface area contributed by atoms with Crippen LogP contribution in [0.2, 0.25) is 0 Å². The van der Waals surface area contributed by atoms with Gasteiger partial charge in [-0.25, -0.2) is 0 Å². The number of hydrogen-bond acceptors (Lipinski definition) is 2. The summed E-state index contributed by atoms with van der Waals surface area (Å²) < 4.78 is 0.232. The van der Waals surface area contributed by atoms with Gasteiger partial charge in [0.2, 0.25) is 5.91 Å². The van der Waals surface area contributed by atoms with Crippen molar-refractivity contribution in [3.63, 3.8) is 0 Å². The van der Waals surface area contributed by atoms with Crippen LogP contribution in [0.1, 0.15) is 43.4 Å². The minimum absolute atomic E-state index is 0.117. The van der Waals surface area contributed by atoms with Crippen LogP contribution < -0.4 is 0 Å². The van der Waals surface area contributed by atoms with E-state index < -0.39 is 0 Å². The summed E-state index contributed by atoms with van der Waals surface area (Å²) in [4.78, 5) is 16.8. The largest absolute Gasteiger partial charge is 0.333 e. The van der Waals surface area contributed by atoms with Crippen LogP contribution in [-0.4, -0.2) is 21.7 Å². The van der Waals surface area contributed by atoms with Gasteiger partial charge in [-0.3, -0.25) is 4.79 Å². The Morgan fingerprint density at radius 2 is 2.13 bits per heavy atom. The molecule has 4 fully saturated rings. The van der Waals surface area contributed by atoms with Gasteiger partial charge < -0.3 is 4.90 Å². The van der Waals surface area contributed by atoms with Gasteiger partial charge in [0.15, 0.2) is 0 Å². The van der Waals surface area contributed by atoms with Crippen LogP contribution in [0, 0.1) is 17.3 Å². The normalized spacial score (nSPS) is 37.8. The second-order valence-electron chi connectivity index (χ2n) is 7.95.